The van der Waals surface area contributed by atoms with Crippen LogP contribution in [-0.2, 0) is 13.0 Å². The molecule has 3 aromatic rings. The number of aromatic nitrogens is 4. The number of nitrogen functional groups attached to an aromatic ring is 1. The van der Waals surface area contributed by atoms with Crippen LogP contribution in [0, 0.1) is 0 Å². The molecule has 0 fully saturated rings. The summed E-state index contributed by atoms with van der Waals surface area (Å²) in [6.07, 6.45) is 10.4. The van der Waals surface area contributed by atoms with Gasteiger partial charge in [0.2, 0.25) is 0 Å². The van der Waals surface area contributed by atoms with Crippen LogP contribution in [0.25, 0.3) is 11.2 Å². The molecule has 0 unspecified atom stereocenters. The zero-order valence-electron chi connectivity index (χ0n) is 15.1. The Kier molecular flexibility index (Phi) is 6.66. The van der Waals surface area contributed by atoms with Gasteiger partial charge in [0.1, 0.15) is 5.52 Å². The zero-order valence-corrected chi connectivity index (χ0v) is 16.0. The molecule has 1 aromatic carbocycles. The smallest absolute Gasteiger partial charge is 0.191 e. The number of nitrogens with two attached hydrogens (primary N) is 1. The molecule has 136 valence electrons. The first kappa shape index (κ1) is 18.5. The maximum atomic E-state index is 6.10. The van der Waals surface area contributed by atoms with E-state index >= 15 is 0 Å². The van der Waals surface area contributed by atoms with Crippen molar-refractivity contribution in [3.63, 3.8) is 0 Å². The number of anilines is 1. The van der Waals surface area contributed by atoms with E-state index in [0.717, 1.165) is 48.8 Å². The van der Waals surface area contributed by atoms with Crippen molar-refractivity contribution < 1.29 is 0 Å². The summed E-state index contributed by atoms with van der Waals surface area (Å²) in [4.78, 5) is 13.5. The van der Waals surface area contributed by atoms with Crippen molar-refractivity contribution in [3.05, 3.63) is 54.4 Å². The van der Waals surface area contributed by atoms with Gasteiger partial charge >= 0.3 is 0 Å². The standard InChI is InChI=1S/C20H25N5S/c1-2-3-4-5-9-13-25-15-22-17-18(21)23-20(24-19(17)25)26-14-12-16-10-7-6-8-11-16/h3-4,6-8,10-11,15H,2,5,9,12-14H2,1H3,(H2,21,23,24)/b4-3+. The molecule has 6 heteroatoms. The number of thioether (sulfide) groups is 1. The van der Waals surface area contributed by atoms with Crippen LogP contribution in [-0.4, -0.2) is 25.3 Å². The molecular weight excluding hydrogens is 342 g/mol. The number of imidazole rings is 1. The predicted octanol–water partition coefficient (Wildman–Crippen LogP) is 4.49. The van der Waals surface area contributed by atoms with Gasteiger partial charge < -0.3 is 10.3 Å². The number of unbranched alkanes of at least 4 members (excludes halogenated alkanes) is 1. The average molecular weight is 368 g/mol. The fraction of sp³-hybridized carbons (Fsp3) is 0.350. The molecule has 26 heavy (non-hydrogen) atoms. The topological polar surface area (TPSA) is 69.6 Å². The van der Waals surface area contributed by atoms with Crippen molar-refractivity contribution in [3.8, 4) is 0 Å². The first-order valence-electron chi connectivity index (χ1n) is 9.08. The Hall–Kier alpha value is -2.34. The molecule has 0 aliphatic heterocycles. The lowest BCUT2D eigenvalue weighted by atomic mass is 10.2. The second kappa shape index (κ2) is 9.38. The quantitative estimate of drug-likeness (QED) is 0.261. The molecular formula is C20H25N5S. The molecule has 0 atom stereocenters. The number of benzene rings is 1. The Balaban J connectivity index is 1.65. The van der Waals surface area contributed by atoms with Gasteiger partial charge in [0, 0.05) is 12.3 Å². The number of hydrogen-bond donors (Lipinski definition) is 1. The lowest BCUT2D eigenvalue weighted by molar-refractivity contribution is 0.658. The average Bonchev–Trinajstić information content (AvgIpc) is 3.06. The van der Waals surface area contributed by atoms with E-state index < -0.39 is 0 Å². The number of nitrogens with zero attached hydrogens (tertiary/aromatic N) is 4. The highest BCUT2D eigenvalue weighted by molar-refractivity contribution is 7.99. The van der Waals surface area contributed by atoms with Crippen LogP contribution in [0.4, 0.5) is 5.82 Å². The first-order chi connectivity index (χ1) is 12.8. The summed E-state index contributed by atoms with van der Waals surface area (Å²) < 4.78 is 2.08. The van der Waals surface area contributed by atoms with E-state index in [-0.39, 0.29) is 0 Å². The Morgan fingerprint density at radius 2 is 2.00 bits per heavy atom. The Labute approximate surface area is 158 Å². The predicted molar refractivity (Wildman–Crippen MR) is 109 cm³/mol. The van der Waals surface area contributed by atoms with Crippen LogP contribution in [0.2, 0.25) is 0 Å². The maximum absolute atomic E-state index is 6.10. The zero-order chi connectivity index (χ0) is 18.2. The molecule has 2 N–H and O–H groups in total. The highest BCUT2D eigenvalue weighted by Gasteiger charge is 2.11. The van der Waals surface area contributed by atoms with Gasteiger partial charge in [-0.25, -0.2) is 15.0 Å². The van der Waals surface area contributed by atoms with Crippen molar-refractivity contribution in [1.29, 1.82) is 0 Å². The minimum Gasteiger partial charge on any atom is -0.382 e. The molecule has 0 aliphatic rings. The molecule has 2 heterocycles. The Morgan fingerprint density at radius 1 is 1.15 bits per heavy atom. The van der Waals surface area contributed by atoms with E-state index in [1.54, 1.807) is 11.8 Å². The summed E-state index contributed by atoms with van der Waals surface area (Å²) in [5.74, 6) is 1.38. The second-order valence-corrected chi connectivity index (χ2v) is 7.17. The van der Waals surface area contributed by atoms with Gasteiger partial charge in [-0.3, -0.25) is 0 Å². The van der Waals surface area contributed by atoms with E-state index in [0.29, 0.717) is 11.3 Å². The van der Waals surface area contributed by atoms with Gasteiger partial charge in [-0.05, 0) is 31.2 Å². The van der Waals surface area contributed by atoms with Crippen LogP contribution in [0.5, 0.6) is 0 Å². The number of fused-ring (bicyclic) bond motifs is 1. The van der Waals surface area contributed by atoms with Crippen molar-refractivity contribution >= 4 is 28.7 Å². The second-order valence-electron chi connectivity index (χ2n) is 6.11. The molecule has 5 nitrogen and oxygen atoms in total. The Morgan fingerprint density at radius 3 is 2.81 bits per heavy atom. The van der Waals surface area contributed by atoms with Gasteiger partial charge in [-0.2, -0.15) is 0 Å². The number of allylic oxidation sites excluding steroid dienone is 2. The van der Waals surface area contributed by atoms with Gasteiger partial charge in [-0.15, -0.1) is 0 Å². The van der Waals surface area contributed by atoms with E-state index in [9.17, 15) is 0 Å². The number of aryl methyl sites for hydroxylation is 2. The summed E-state index contributed by atoms with van der Waals surface area (Å²) in [6, 6.07) is 10.4. The van der Waals surface area contributed by atoms with Gasteiger partial charge in [-0.1, -0.05) is 61.2 Å². The highest BCUT2D eigenvalue weighted by Crippen LogP contribution is 2.22. The highest BCUT2D eigenvalue weighted by atomic mass is 32.2. The third-order valence-corrected chi connectivity index (χ3v) is 4.96. The molecule has 0 amide bonds. The van der Waals surface area contributed by atoms with Crippen LogP contribution in [0.3, 0.4) is 0 Å². The summed E-state index contributed by atoms with van der Waals surface area (Å²) >= 11 is 1.64. The largest absolute Gasteiger partial charge is 0.382 e. The molecule has 0 saturated carbocycles. The van der Waals surface area contributed by atoms with Crippen molar-refractivity contribution in [2.24, 2.45) is 0 Å². The SMILES string of the molecule is CC/C=C/CCCn1cnc2c(N)nc(SCCc3ccccc3)nc21. The van der Waals surface area contributed by atoms with Crippen LogP contribution >= 0.6 is 11.8 Å². The molecule has 0 radical (unpaired) electrons. The van der Waals surface area contributed by atoms with E-state index in [1.165, 1.54) is 5.56 Å². The summed E-state index contributed by atoms with van der Waals surface area (Å²) in [6.45, 7) is 3.03. The van der Waals surface area contributed by atoms with Crippen LogP contribution in [0.1, 0.15) is 31.7 Å². The van der Waals surface area contributed by atoms with Gasteiger partial charge in [0.15, 0.2) is 16.6 Å². The lowest BCUT2D eigenvalue weighted by Crippen LogP contribution is -2.02. The third-order valence-electron chi connectivity index (χ3n) is 4.11. The molecule has 0 aliphatic carbocycles. The fourth-order valence-electron chi connectivity index (χ4n) is 2.74. The van der Waals surface area contributed by atoms with Crippen molar-refractivity contribution in [1.82, 2.24) is 19.5 Å². The summed E-state index contributed by atoms with van der Waals surface area (Å²) in [5, 5.41) is 0.721. The normalized spacial score (nSPS) is 11.6. The maximum Gasteiger partial charge on any atom is 0.191 e. The minimum atomic E-state index is 0.460. The molecule has 0 spiro atoms. The van der Waals surface area contributed by atoms with Gasteiger partial charge in [0.05, 0.1) is 6.33 Å². The molecule has 0 saturated heterocycles. The fourth-order valence-corrected chi connectivity index (χ4v) is 3.58. The monoisotopic (exact) mass is 367 g/mol. The van der Waals surface area contributed by atoms with E-state index in [4.69, 9.17) is 10.7 Å². The number of hydrogen-bond acceptors (Lipinski definition) is 5. The van der Waals surface area contributed by atoms with Crippen LogP contribution < -0.4 is 5.73 Å². The minimum absolute atomic E-state index is 0.460. The molecule has 3 rings (SSSR count). The molecule has 2 aromatic heterocycles. The first-order valence-corrected chi connectivity index (χ1v) is 10.1. The van der Waals surface area contributed by atoms with Gasteiger partial charge in [0.25, 0.3) is 0 Å². The summed E-state index contributed by atoms with van der Waals surface area (Å²) in [5.41, 5.74) is 8.94. The molecule has 0 bridgehead atoms. The summed E-state index contributed by atoms with van der Waals surface area (Å²) in [7, 11) is 0. The van der Waals surface area contributed by atoms with E-state index in [2.05, 4.69) is 57.9 Å². The Bertz CT molecular complexity index is 857. The third kappa shape index (κ3) is 4.85. The van der Waals surface area contributed by atoms with Crippen molar-refractivity contribution in [2.45, 2.75) is 44.3 Å². The number of rotatable bonds is 9. The lowest BCUT2D eigenvalue weighted by Gasteiger charge is -2.05. The van der Waals surface area contributed by atoms with Crippen molar-refractivity contribution in [2.75, 3.05) is 11.5 Å². The van der Waals surface area contributed by atoms with Crippen LogP contribution in [0.15, 0.2) is 54.0 Å². The van der Waals surface area contributed by atoms with E-state index in [1.807, 2.05) is 12.4 Å².